The average Bonchev–Trinajstić information content (AvgIpc) is 2.77. The number of nitrogens with zero attached hydrogens (tertiary/aromatic N) is 2. The number of benzene rings is 1. The van der Waals surface area contributed by atoms with E-state index < -0.39 is 8.15 Å². The number of hydrogen-bond donors (Lipinski definition) is 1. The summed E-state index contributed by atoms with van der Waals surface area (Å²) in [6, 6.07) is 9.84. The molecule has 0 spiro atoms. The second kappa shape index (κ2) is 12.5. The molecule has 1 unspecified atom stereocenters. The van der Waals surface area contributed by atoms with E-state index in [-0.39, 0.29) is 6.61 Å². The summed E-state index contributed by atoms with van der Waals surface area (Å²) in [5.41, 5.74) is 4.28. The summed E-state index contributed by atoms with van der Waals surface area (Å²) in [7, 11) is 0.884. The van der Waals surface area contributed by atoms with Crippen LogP contribution in [0.3, 0.4) is 0 Å². The summed E-state index contributed by atoms with van der Waals surface area (Å²) in [5, 5.41) is 9.58. The molecule has 1 atom stereocenters. The monoisotopic (exact) mass is 428 g/mol. The number of aliphatic hydroxyl groups is 1. The fraction of sp³-hybridized carbons (Fsp3) is 0.458. The van der Waals surface area contributed by atoms with Crippen LogP contribution in [0.1, 0.15) is 50.4 Å². The molecule has 0 aliphatic rings. The Kier molecular flexibility index (Phi) is 10.1. The Morgan fingerprint density at radius 3 is 2.33 bits per heavy atom. The molecule has 2 aromatic rings. The third-order valence-corrected chi connectivity index (χ3v) is 6.05. The normalized spacial score (nSPS) is 11.5. The molecule has 162 valence electrons. The molecular weight excluding hydrogens is 395 g/mol. The summed E-state index contributed by atoms with van der Waals surface area (Å²) in [5.74, 6) is 7.37. The van der Waals surface area contributed by atoms with Crippen molar-refractivity contribution in [2.24, 2.45) is 0 Å². The molecule has 1 N–H and O–H groups in total. The number of pyridine rings is 1. The van der Waals surface area contributed by atoms with Crippen LogP contribution in [0.25, 0.3) is 0 Å². The summed E-state index contributed by atoms with van der Waals surface area (Å²) in [4.78, 5) is 6.84. The molecule has 0 radical (unpaired) electrons. The van der Waals surface area contributed by atoms with Crippen LogP contribution in [0.15, 0.2) is 30.3 Å². The van der Waals surface area contributed by atoms with Crippen LogP contribution in [0, 0.1) is 11.8 Å². The third-order valence-electron chi connectivity index (χ3n) is 4.53. The number of aromatic nitrogens is 1. The van der Waals surface area contributed by atoms with Gasteiger partial charge in [0.1, 0.15) is 5.75 Å². The van der Waals surface area contributed by atoms with Crippen molar-refractivity contribution in [3.63, 3.8) is 0 Å². The van der Waals surface area contributed by atoms with Gasteiger partial charge in [-0.15, -0.1) is 0 Å². The second-order valence-corrected chi connectivity index (χ2v) is 8.61. The fourth-order valence-electron chi connectivity index (χ4n) is 3.20. The fourth-order valence-corrected chi connectivity index (χ4v) is 4.31. The van der Waals surface area contributed by atoms with E-state index in [1.165, 1.54) is 0 Å². The van der Waals surface area contributed by atoms with Crippen molar-refractivity contribution >= 4 is 19.3 Å². The lowest BCUT2D eigenvalue weighted by atomic mass is 10.1. The molecule has 2 rings (SSSR count). The van der Waals surface area contributed by atoms with Gasteiger partial charge in [-0.25, -0.2) is 4.98 Å². The third kappa shape index (κ3) is 6.71. The second-order valence-electron chi connectivity index (χ2n) is 6.90. The Hall–Kier alpha value is -2.12. The lowest BCUT2D eigenvalue weighted by Crippen LogP contribution is -2.25. The van der Waals surface area contributed by atoms with Crippen molar-refractivity contribution in [3.8, 4) is 17.6 Å². The quantitative estimate of drug-likeness (QED) is 0.452. The zero-order chi connectivity index (χ0) is 21.9. The Morgan fingerprint density at radius 1 is 1.03 bits per heavy atom. The van der Waals surface area contributed by atoms with E-state index >= 15 is 0 Å². The predicted octanol–water partition coefficient (Wildman–Crippen LogP) is 4.30. The highest BCUT2D eigenvalue weighted by atomic mass is 31.1. The number of methoxy groups -OCH3 is 1. The number of anilines is 1. The van der Waals surface area contributed by atoms with Crippen LogP contribution < -0.4 is 15.1 Å². The van der Waals surface area contributed by atoms with E-state index in [0.717, 1.165) is 53.9 Å². The first kappa shape index (κ1) is 24.2. The minimum Gasteiger partial charge on any atom is -0.495 e. The SMILES string of the molecule is CCCN(CCC)c1cc(C#Cc2cc(CO)nc(P(C)OCC)c2)ccc1OC. The van der Waals surface area contributed by atoms with E-state index in [1.807, 2.05) is 37.9 Å². The Morgan fingerprint density at radius 2 is 1.73 bits per heavy atom. The van der Waals surface area contributed by atoms with Gasteiger partial charge in [0.2, 0.25) is 0 Å². The van der Waals surface area contributed by atoms with Gasteiger partial charge >= 0.3 is 0 Å². The molecule has 0 aliphatic heterocycles. The molecular formula is C24H33N2O3P. The minimum absolute atomic E-state index is 0.118. The molecule has 0 saturated carbocycles. The lowest BCUT2D eigenvalue weighted by molar-refractivity contribution is 0.277. The standard InChI is InChI=1S/C24H33N2O3P/c1-6-13-26(14-7-2)22-16-19(11-12-23(22)28-4)9-10-20-15-21(18-27)25-24(17-20)30(5)29-8-3/h11-12,15-17,27H,6-8,13-14,18H2,1-5H3. The largest absolute Gasteiger partial charge is 0.495 e. The van der Waals surface area contributed by atoms with Gasteiger partial charge in [0.05, 0.1) is 38.7 Å². The highest BCUT2D eigenvalue weighted by Crippen LogP contribution is 2.31. The van der Waals surface area contributed by atoms with Gasteiger partial charge in [-0.05, 0) is 56.8 Å². The van der Waals surface area contributed by atoms with Crippen LogP contribution in [0.2, 0.25) is 0 Å². The molecule has 6 heteroatoms. The van der Waals surface area contributed by atoms with E-state index in [2.05, 4.69) is 41.6 Å². The van der Waals surface area contributed by atoms with Gasteiger partial charge < -0.3 is 19.3 Å². The summed E-state index contributed by atoms with van der Waals surface area (Å²) in [6.45, 7) is 10.8. The molecule has 0 aliphatic carbocycles. The van der Waals surface area contributed by atoms with Gasteiger partial charge in [-0.2, -0.15) is 0 Å². The summed E-state index contributed by atoms with van der Waals surface area (Å²) >= 11 is 0. The van der Waals surface area contributed by atoms with Gasteiger partial charge in [0.15, 0.2) is 0 Å². The van der Waals surface area contributed by atoms with Crippen molar-refractivity contribution < 1.29 is 14.4 Å². The predicted molar refractivity (Wildman–Crippen MR) is 126 cm³/mol. The zero-order valence-corrected chi connectivity index (χ0v) is 19.6. The molecule has 5 nitrogen and oxygen atoms in total. The van der Waals surface area contributed by atoms with Crippen LogP contribution in [0.5, 0.6) is 5.75 Å². The van der Waals surface area contributed by atoms with E-state index in [4.69, 9.17) is 9.26 Å². The van der Waals surface area contributed by atoms with Crippen LogP contribution in [-0.4, -0.2) is 43.6 Å². The maximum absolute atomic E-state index is 9.58. The molecule has 0 saturated heterocycles. The van der Waals surface area contributed by atoms with E-state index in [1.54, 1.807) is 7.11 Å². The van der Waals surface area contributed by atoms with E-state index in [0.29, 0.717) is 12.3 Å². The topological polar surface area (TPSA) is 54.8 Å². The molecule has 30 heavy (non-hydrogen) atoms. The smallest absolute Gasteiger partial charge is 0.142 e. The number of ether oxygens (including phenoxy) is 1. The Labute approximate surface area is 182 Å². The maximum Gasteiger partial charge on any atom is 0.142 e. The molecule has 0 fully saturated rings. The van der Waals surface area contributed by atoms with Gasteiger partial charge in [-0.1, -0.05) is 25.7 Å². The molecule has 1 heterocycles. The Balaban J connectivity index is 2.39. The average molecular weight is 429 g/mol. The van der Waals surface area contributed by atoms with Gasteiger partial charge in [-0.3, -0.25) is 0 Å². The molecule has 1 aromatic carbocycles. The van der Waals surface area contributed by atoms with E-state index in [9.17, 15) is 5.11 Å². The zero-order valence-electron chi connectivity index (χ0n) is 18.7. The molecule has 0 bridgehead atoms. The summed E-state index contributed by atoms with van der Waals surface area (Å²) in [6.07, 6.45) is 2.14. The number of rotatable bonds is 10. The van der Waals surface area contributed by atoms with Crippen LogP contribution in [-0.2, 0) is 11.1 Å². The van der Waals surface area contributed by atoms with Crippen molar-refractivity contribution in [1.82, 2.24) is 4.98 Å². The first-order valence-corrected chi connectivity index (χ1v) is 12.2. The van der Waals surface area contributed by atoms with Crippen molar-refractivity contribution in [2.45, 2.75) is 40.2 Å². The number of aliphatic hydroxyl groups excluding tert-OH is 1. The van der Waals surface area contributed by atoms with Gasteiger partial charge in [0.25, 0.3) is 0 Å². The summed E-state index contributed by atoms with van der Waals surface area (Å²) < 4.78 is 11.3. The molecule has 1 aromatic heterocycles. The number of hydrogen-bond acceptors (Lipinski definition) is 5. The van der Waals surface area contributed by atoms with Gasteiger partial charge in [0, 0.05) is 30.8 Å². The first-order valence-electron chi connectivity index (χ1n) is 10.5. The molecule has 0 amide bonds. The maximum atomic E-state index is 9.58. The first-order chi connectivity index (χ1) is 14.6. The lowest BCUT2D eigenvalue weighted by Gasteiger charge is -2.25. The van der Waals surface area contributed by atoms with Crippen molar-refractivity contribution in [3.05, 3.63) is 47.2 Å². The highest BCUT2D eigenvalue weighted by molar-refractivity contribution is 7.59. The van der Waals surface area contributed by atoms with Crippen LogP contribution in [0.4, 0.5) is 5.69 Å². The van der Waals surface area contributed by atoms with Crippen molar-refractivity contribution in [1.29, 1.82) is 0 Å². The van der Waals surface area contributed by atoms with Crippen molar-refractivity contribution in [2.75, 3.05) is 38.4 Å². The van der Waals surface area contributed by atoms with Crippen LogP contribution >= 0.6 is 8.15 Å². The minimum atomic E-state index is -0.821. The highest BCUT2D eigenvalue weighted by Gasteiger charge is 2.12. The Bertz CT molecular complexity index is 870.